The van der Waals surface area contributed by atoms with E-state index in [2.05, 4.69) is 15.6 Å². The molecule has 9 nitrogen and oxygen atoms in total. The van der Waals surface area contributed by atoms with Crippen LogP contribution in [0.1, 0.15) is 5.56 Å². The van der Waals surface area contributed by atoms with Crippen molar-refractivity contribution in [3.8, 4) is 0 Å². The predicted molar refractivity (Wildman–Crippen MR) is 113 cm³/mol. The third-order valence-electron chi connectivity index (χ3n) is 4.33. The van der Waals surface area contributed by atoms with Gasteiger partial charge in [-0.05, 0) is 23.6 Å². The van der Waals surface area contributed by atoms with Gasteiger partial charge in [0.15, 0.2) is 0 Å². The number of nitrogens with two attached hydrogens (primary N) is 1. The number of rotatable bonds is 7. The molecule has 12 heteroatoms. The van der Waals surface area contributed by atoms with E-state index in [1.165, 1.54) is 30.9 Å². The molecule has 0 fully saturated rings. The van der Waals surface area contributed by atoms with Gasteiger partial charge in [0.25, 0.3) is 5.56 Å². The van der Waals surface area contributed by atoms with Crippen LogP contribution in [0.4, 0.5) is 15.9 Å². The van der Waals surface area contributed by atoms with E-state index >= 15 is 0 Å². The number of benzene rings is 1. The SMILES string of the molecule is CN1C(c2ccc(F)cc2Cl)=CSC1NCOCNc1c(N)n(C)c(=O)[nH]c1=O. The number of nitrogens with zero attached hydrogens (tertiary/aromatic N) is 2. The van der Waals surface area contributed by atoms with Crippen LogP contribution < -0.4 is 27.6 Å². The lowest BCUT2D eigenvalue weighted by Crippen LogP contribution is -2.39. The molecule has 0 saturated heterocycles. The molecule has 0 aliphatic carbocycles. The van der Waals surface area contributed by atoms with Crippen molar-refractivity contribution in [2.75, 3.05) is 31.6 Å². The Morgan fingerprint density at radius 2 is 2.10 bits per heavy atom. The molecule has 2 heterocycles. The Hall–Kier alpha value is -2.47. The number of nitrogen functional groups attached to an aromatic ring is 1. The van der Waals surface area contributed by atoms with E-state index in [4.69, 9.17) is 22.1 Å². The molecule has 5 N–H and O–H groups in total. The smallest absolute Gasteiger partial charge is 0.329 e. The number of hydrogen-bond acceptors (Lipinski definition) is 8. The lowest BCUT2D eigenvalue weighted by Gasteiger charge is -2.25. The maximum Gasteiger partial charge on any atom is 0.329 e. The molecule has 0 spiro atoms. The zero-order chi connectivity index (χ0) is 21.1. The number of anilines is 2. The van der Waals surface area contributed by atoms with Crippen molar-refractivity contribution < 1.29 is 9.13 Å². The summed E-state index contributed by atoms with van der Waals surface area (Å²) in [6, 6.07) is 4.28. The molecule has 1 aliphatic rings. The molecule has 156 valence electrons. The molecule has 3 rings (SSSR count). The largest absolute Gasteiger partial charge is 0.383 e. The number of nitrogens with one attached hydrogen (secondary N) is 3. The molecule has 1 aromatic carbocycles. The average Bonchev–Trinajstić information content (AvgIpc) is 3.02. The lowest BCUT2D eigenvalue weighted by molar-refractivity contribution is 0.121. The number of thioether (sulfide) groups is 1. The van der Waals surface area contributed by atoms with Crippen molar-refractivity contribution >= 4 is 40.6 Å². The van der Waals surface area contributed by atoms with Crippen LogP contribution in [0.3, 0.4) is 0 Å². The Morgan fingerprint density at radius 3 is 2.83 bits per heavy atom. The fourth-order valence-electron chi connectivity index (χ4n) is 2.68. The molecule has 1 unspecified atom stereocenters. The van der Waals surface area contributed by atoms with Gasteiger partial charge >= 0.3 is 5.69 Å². The highest BCUT2D eigenvalue weighted by atomic mass is 35.5. The van der Waals surface area contributed by atoms with Gasteiger partial charge in [0.1, 0.15) is 36.3 Å². The summed E-state index contributed by atoms with van der Waals surface area (Å²) in [6.07, 6.45) is 0. The number of ether oxygens (including phenoxy) is 1. The average molecular weight is 443 g/mol. The highest BCUT2D eigenvalue weighted by molar-refractivity contribution is 8.03. The van der Waals surface area contributed by atoms with Crippen LogP contribution in [0.25, 0.3) is 5.70 Å². The van der Waals surface area contributed by atoms with E-state index in [-0.39, 0.29) is 36.3 Å². The standard InChI is InChI=1S/C17H20ClFN6O3S/c1-24-12(10-4-3-9(19)5-11(10)18)6-29-17(24)22-8-28-7-21-13-14(20)25(2)16(27)23-15(13)26/h3-6,17,21-22H,7-8,20H2,1-2H3,(H,23,26,27). The minimum Gasteiger partial charge on any atom is -0.383 e. The maximum atomic E-state index is 13.3. The first-order valence-electron chi connectivity index (χ1n) is 8.47. The number of H-pyrrole nitrogens is 1. The molecule has 0 bridgehead atoms. The maximum absolute atomic E-state index is 13.3. The zero-order valence-electron chi connectivity index (χ0n) is 15.7. The second kappa shape index (κ2) is 8.91. The van der Waals surface area contributed by atoms with Crippen molar-refractivity contribution in [3.05, 3.63) is 60.8 Å². The van der Waals surface area contributed by atoms with Gasteiger partial charge in [0.05, 0.1) is 10.7 Å². The first kappa shape index (κ1) is 21.2. The van der Waals surface area contributed by atoms with Crippen LogP contribution in [-0.2, 0) is 11.8 Å². The van der Waals surface area contributed by atoms with Crippen molar-refractivity contribution in [2.45, 2.75) is 5.50 Å². The Morgan fingerprint density at radius 1 is 1.34 bits per heavy atom. The number of aromatic nitrogens is 2. The second-order valence-electron chi connectivity index (χ2n) is 6.18. The molecule has 1 aliphatic heterocycles. The van der Waals surface area contributed by atoms with E-state index in [1.54, 1.807) is 6.07 Å². The molecule has 1 aromatic heterocycles. The minimum absolute atomic E-state index is 0.00363. The fourth-order valence-corrected chi connectivity index (χ4v) is 3.95. The highest BCUT2D eigenvalue weighted by Gasteiger charge is 2.25. The van der Waals surface area contributed by atoms with Gasteiger partial charge in [-0.1, -0.05) is 23.4 Å². The van der Waals surface area contributed by atoms with Crippen molar-refractivity contribution in [3.63, 3.8) is 0 Å². The first-order chi connectivity index (χ1) is 13.8. The van der Waals surface area contributed by atoms with Crippen LogP contribution in [-0.4, -0.2) is 40.5 Å². The van der Waals surface area contributed by atoms with E-state index in [0.717, 1.165) is 15.8 Å². The monoisotopic (exact) mass is 442 g/mol. The third-order valence-corrected chi connectivity index (χ3v) is 5.74. The zero-order valence-corrected chi connectivity index (χ0v) is 17.2. The Kier molecular flexibility index (Phi) is 6.52. The molecule has 0 amide bonds. The van der Waals surface area contributed by atoms with Gasteiger partial charge in [0, 0.05) is 19.7 Å². The number of halogens is 2. The van der Waals surface area contributed by atoms with Gasteiger partial charge < -0.3 is 20.7 Å². The van der Waals surface area contributed by atoms with Crippen molar-refractivity contribution in [1.82, 2.24) is 19.8 Å². The van der Waals surface area contributed by atoms with Crippen LogP contribution in [0, 0.1) is 5.82 Å². The summed E-state index contributed by atoms with van der Waals surface area (Å²) in [7, 11) is 3.33. The number of aromatic amines is 1. The van der Waals surface area contributed by atoms with Crippen molar-refractivity contribution in [2.24, 2.45) is 7.05 Å². The topological polar surface area (TPSA) is 117 Å². The second-order valence-corrected chi connectivity index (χ2v) is 7.54. The van der Waals surface area contributed by atoms with E-state index in [0.29, 0.717) is 5.02 Å². The summed E-state index contributed by atoms with van der Waals surface area (Å²) in [4.78, 5) is 27.4. The highest BCUT2D eigenvalue weighted by Crippen LogP contribution is 2.36. The van der Waals surface area contributed by atoms with Crippen LogP contribution in [0.5, 0.6) is 0 Å². The molecule has 0 radical (unpaired) electrons. The minimum atomic E-state index is -0.613. The molecule has 2 aromatic rings. The summed E-state index contributed by atoms with van der Waals surface area (Å²) in [6.45, 7) is 0.181. The lowest BCUT2D eigenvalue weighted by atomic mass is 10.1. The van der Waals surface area contributed by atoms with Gasteiger partial charge in [-0.2, -0.15) is 0 Å². The van der Waals surface area contributed by atoms with Gasteiger partial charge in [-0.3, -0.25) is 19.7 Å². The van der Waals surface area contributed by atoms with E-state index < -0.39 is 11.2 Å². The Balaban J connectivity index is 1.50. The molecule has 29 heavy (non-hydrogen) atoms. The normalized spacial score (nSPS) is 16.2. The van der Waals surface area contributed by atoms with Crippen LogP contribution >= 0.6 is 23.4 Å². The molecule has 0 saturated carbocycles. The van der Waals surface area contributed by atoms with E-state index in [1.807, 2.05) is 17.4 Å². The summed E-state index contributed by atoms with van der Waals surface area (Å²) in [5.74, 6) is -0.368. The Labute approximate surface area is 174 Å². The number of hydrogen-bond donors (Lipinski definition) is 4. The van der Waals surface area contributed by atoms with Crippen LogP contribution in [0.2, 0.25) is 5.02 Å². The van der Waals surface area contributed by atoms with Gasteiger partial charge in [0.2, 0.25) is 0 Å². The summed E-state index contributed by atoms with van der Waals surface area (Å²) >= 11 is 7.66. The van der Waals surface area contributed by atoms with Gasteiger partial charge in [-0.25, -0.2) is 9.18 Å². The van der Waals surface area contributed by atoms with Gasteiger partial charge in [-0.15, -0.1) is 0 Å². The Bertz CT molecular complexity index is 1060. The van der Waals surface area contributed by atoms with Crippen LogP contribution in [0.15, 0.2) is 33.2 Å². The molecule has 1 atom stereocenters. The first-order valence-corrected chi connectivity index (χ1v) is 9.79. The third kappa shape index (κ3) is 4.58. The summed E-state index contributed by atoms with van der Waals surface area (Å²) < 4.78 is 19.8. The summed E-state index contributed by atoms with van der Waals surface area (Å²) in [5, 5.41) is 8.21. The molecular formula is C17H20ClFN6O3S. The molecular weight excluding hydrogens is 423 g/mol. The predicted octanol–water partition coefficient (Wildman–Crippen LogP) is 1.34. The van der Waals surface area contributed by atoms with Crippen molar-refractivity contribution in [1.29, 1.82) is 0 Å². The summed E-state index contributed by atoms with van der Waals surface area (Å²) in [5.41, 5.74) is 6.11. The quantitative estimate of drug-likeness (QED) is 0.375. The van der Waals surface area contributed by atoms with E-state index in [9.17, 15) is 14.0 Å². The fraction of sp³-hybridized carbons (Fsp3) is 0.294.